The Kier molecular flexibility index (Phi) is 3.57. The molecule has 0 fully saturated rings. The molecule has 140 valence electrons. The van der Waals surface area contributed by atoms with E-state index in [1.165, 1.54) is 10.7 Å². The van der Waals surface area contributed by atoms with E-state index < -0.39 is 11.6 Å². The highest BCUT2D eigenvalue weighted by Gasteiger charge is 2.26. The van der Waals surface area contributed by atoms with Gasteiger partial charge in [-0.3, -0.25) is 0 Å². The minimum absolute atomic E-state index is 0.0493. The largest absolute Gasteiger partial charge is 0.493 e. The third-order valence-corrected chi connectivity index (χ3v) is 4.53. The summed E-state index contributed by atoms with van der Waals surface area (Å²) in [7, 11) is 0. The van der Waals surface area contributed by atoms with E-state index in [1.54, 1.807) is 29.6 Å². The van der Waals surface area contributed by atoms with Gasteiger partial charge < -0.3 is 15.0 Å². The molecule has 4 aromatic rings. The highest BCUT2D eigenvalue weighted by atomic mass is 19.1. The van der Waals surface area contributed by atoms with Crippen LogP contribution in [0.4, 0.5) is 14.6 Å². The van der Waals surface area contributed by atoms with Gasteiger partial charge in [0, 0.05) is 18.9 Å². The highest BCUT2D eigenvalue weighted by molar-refractivity contribution is 5.83. The van der Waals surface area contributed by atoms with E-state index in [0.717, 1.165) is 12.3 Å². The summed E-state index contributed by atoms with van der Waals surface area (Å²) in [5.74, 6) is -0.919. The Morgan fingerprint density at radius 3 is 2.86 bits per heavy atom. The number of fused-ring (bicyclic) bond motifs is 1. The topological polar surface area (TPSA) is 95.2 Å². The van der Waals surface area contributed by atoms with Gasteiger partial charge in [0.1, 0.15) is 11.6 Å². The maximum absolute atomic E-state index is 14.8. The molecule has 10 heteroatoms. The fourth-order valence-corrected chi connectivity index (χ4v) is 3.31. The minimum atomic E-state index is -0.599. The Morgan fingerprint density at radius 2 is 2.04 bits per heavy atom. The average Bonchev–Trinajstić information content (AvgIpc) is 3.42. The molecule has 0 unspecified atom stereocenters. The molecular weight excluding hydrogens is 368 g/mol. The third-order valence-electron chi connectivity index (χ3n) is 4.53. The van der Waals surface area contributed by atoms with Crippen molar-refractivity contribution in [3.05, 3.63) is 60.3 Å². The number of nitrogens with one attached hydrogen (secondary N) is 1. The number of rotatable bonds is 3. The lowest BCUT2D eigenvalue weighted by Gasteiger charge is -2.22. The number of halogens is 2. The summed E-state index contributed by atoms with van der Waals surface area (Å²) in [4.78, 5) is 16.8. The summed E-state index contributed by atoms with van der Waals surface area (Å²) >= 11 is 0. The van der Waals surface area contributed by atoms with Crippen LogP contribution in [0.2, 0.25) is 0 Å². The quantitative estimate of drug-likeness (QED) is 0.567. The summed E-state index contributed by atoms with van der Waals surface area (Å²) < 4.78 is 29.8. The smallest absolute Gasteiger partial charge is 0.220 e. The Hall–Kier alpha value is -3.82. The van der Waals surface area contributed by atoms with E-state index >= 15 is 0 Å². The van der Waals surface area contributed by atoms with E-state index in [2.05, 4.69) is 25.0 Å². The van der Waals surface area contributed by atoms with Gasteiger partial charge in [-0.2, -0.15) is 5.10 Å². The number of hydrogen-bond acceptors (Lipinski definition) is 6. The zero-order chi connectivity index (χ0) is 19.3. The van der Waals surface area contributed by atoms with Gasteiger partial charge in [0.05, 0.1) is 35.4 Å². The minimum Gasteiger partial charge on any atom is -0.493 e. The molecule has 0 spiro atoms. The van der Waals surface area contributed by atoms with E-state index in [9.17, 15) is 13.9 Å². The van der Waals surface area contributed by atoms with Gasteiger partial charge >= 0.3 is 0 Å². The molecule has 0 saturated heterocycles. The number of aromatic hydroxyl groups is 1. The molecule has 4 aromatic heterocycles. The summed E-state index contributed by atoms with van der Waals surface area (Å²) in [6, 6.07) is 1.16. The molecular formula is C18H13F2N7O. The van der Waals surface area contributed by atoms with Gasteiger partial charge in [-0.15, -0.1) is 0 Å². The molecule has 0 radical (unpaired) electrons. The van der Waals surface area contributed by atoms with Crippen LogP contribution in [0, 0.1) is 11.6 Å². The molecule has 0 saturated carbocycles. The molecule has 0 aliphatic carbocycles. The van der Waals surface area contributed by atoms with Crippen molar-refractivity contribution in [3.63, 3.8) is 0 Å². The number of aromatic amines is 1. The lowest BCUT2D eigenvalue weighted by molar-refractivity contribution is 0.447. The second-order valence-electron chi connectivity index (χ2n) is 6.23. The molecule has 8 nitrogen and oxygen atoms in total. The molecule has 28 heavy (non-hydrogen) atoms. The van der Waals surface area contributed by atoms with Gasteiger partial charge in [-0.1, -0.05) is 6.08 Å². The van der Waals surface area contributed by atoms with Crippen molar-refractivity contribution < 1.29 is 13.9 Å². The first-order chi connectivity index (χ1) is 13.6. The van der Waals surface area contributed by atoms with Crippen LogP contribution < -0.4 is 4.90 Å². The first-order valence-corrected chi connectivity index (χ1v) is 8.48. The molecule has 0 atom stereocenters. The van der Waals surface area contributed by atoms with Gasteiger partial charge in [-0.05, 0) is 12.5 Å². The lowest BCUT2D eigenvalue weighted by atomic mass is 10.2. The van der Waals surface area contributed by atoms with Crippen LogP contribution in [0.5, 0.6) is 5.88 Å². The van der Waals surface area contributed by atoms with E-state index in [-0.39, 0.29) is 17.3 Å². The monoisotopic (exact) mass is 381 g/mol. The van der Waals surface area contributed by atoms with Crippen LogP contribution in [-0.4, -0.2) is 41.2 Å². The van der Waals surface area contributed by atoms with Gasteiger partial charge in [-0.25, -0.2) is 28.2 Å². The van der Waals surface area contributed by atoms with Crippen molar-refractivity contribution in [1.82, 2.24) is 29.5 Å². The Bertz CT molecular complexity index is 1220. The first-order valence-electron chi connectivity index (χ1n) is 8.48. The number of H-pyrrole nitrogens is 1. The van der Waals surface area contributed by atoms with Crippen molar-refractivity contribution in [2.75, 3.05) is 11.4 Å². The molecule has 5 heterocycles. The van der Waals surface area contributed by atoms with Crippen LogP contribution in [0.1, 0.15) is 12.0 Å². The number of hydrogen-bond donors (Lipinski definition) is 2. The number of anilines is 1. The van der Waals surface area contributed by atoms with Crippen LogP contribution in [-0.2, 0) is 0 Å². The van der Waals surface area contributed by atoms with Gasteiger partial charge in [0.25, 0.3) is 0 Å². The fraction of sp³-hybridized carbons (Fsp3) is 0.111. The molecule has 1 aliphatic rings. The standard InChI is InChI=1S/C18H13F2N7O/c19-10-6-11(18(28)23-7-10)14-2-1-5-26(14)17-13(20)9-27-16(25-17)12(8-24-27)15-21-3-4-22-15/h2-4,6-9H,1,5H2,(H,21,22)(H,23,28). The van der Waals surface area contributed by atoms with Crippen LogP contribution in [0.15, 0.2) is 43.1 Å². The Balaban J connectivity index is 1.64. The second-order valence-corrected chi connectivity index (χ2v) is 6.23. The molecule has 0 bridgehead atoms. The summed E-state index contributed by atoms with van der Waals surface area (Å²) in [5, 5.41) is 14.2. The maximum Gasteiger partial charge on any atom is 0.220 e. The van der Waals surface area contributed by atoms with Gasteiger partial charge in [0.2, 0.25) is 5.88 Å². The zero-order valence-electron chi connectivity index (χ0n) is 14.3. The molecule has 0 aromatic carbocycles. The Morgan fingerprint density at radius 1 is 1.14 bits per heavy atom. The van der Waals surface area contributed by atoms with Crippen molar-refractivity contribution >= 4 is 17.2 Å². The predicted octanol–water partition coefficient (Wildman–Crippen LogP) is 2.75. The van der Waals surface area contributed by atoms with Crippen LogP contribution in [0.25, 0.3) is 22.7 Å². The third kappa shape index (κ3) is 2.49. The molecule has 0 amide bonds. The van der Waals surface area contributed by atoms with Crippen molar-refractivity contribution in [1.29, 1.82) is 0 Å². The second kappa shape index (κ2) is 6.12. The summed E-state index contributed by atoms with van der Waals surface area (Å²) in [6.07, 6.45) is 9.34. The lowest BCUT2D eigenvalue weighted by Crippen LogP contribution is -2.21. The number of imidazole rings is 1. The summed E-state index contributed by atoms with van der Waals surface area (Å²) in [6.45, 7) is 0.426. The van der Waals surface area contributed by atoms with Gasteiger partial charge in [0.15, 0.2) is 17.3 Å². The molecule has 1 aliphatic heterocycles. The van der Waals surface area contributed by atoms with Crippen molar-refractivity contribution in [3.8, 4) is 17.3 Å². The molecule has 2 N–H and O–H groups in total. The highest BCUT2D eigenvalue weighted by Crippen LogP contribution is 2.35. The van der Waals surface area contributed by atoms with E-state index in [4.69, 9.17) is 0 Å². The van der Waals surface area contributed by atoms with Crippen molar-refractivity contribution in [2.24, 2.45) is 0 Å². The van der Waals surface area contributed by atoms with E-state index in [1.807, 2.05) is 0 Å². The van der Waals surface area contributed by atoms with E-state index in [0.29, 0.717) is 35.7 Å². The van der Waals surface area contributed by atoms with Crippen LogP contribution in [0.3, 0.4) is 0 Å². The molecule has 5 rings (SSSR count). The van der Waals surface area contributed by atoms with Crippen molar-refractivity contribution in [2.45, 2.75) is 6.42 Å². The average molecular weight is 381 g/mol. The number of pyridine rings is 1. The normalized spacial score (nSPS) is 14.1. The number of nitrogens with zero attached hydrogens (tertiary/aromatic N) is 6. The zero-order valence-corrected chi connectivity index (χ0v) is 14.3. The van der Waals surface area contributed by atoms with Crippen LogP contribution >= 0.6 is 0 Å². The summed E-state index contributed by atoms with van der Waals surface area (Å²) in [5.41, 5.74) is 1.66. The fourth-order valence-electron chi connectivity index (χ4n) is 3.31. The predicted molar refractivity (Wildman–Crippen MR) is 96.3 cm³/mol. The first kappa shape index (κ1) is 16.4. The maximum atomic E-state index is 14.8. The number of aromatic nitrogens is 6. The SMILES string of the molecule is Oc1ncc(F)cc1C1=CCCN1c1nc2c(-c3ncc[nH]3)cnn2cc1F. The Labute approximate surface area is 156 Å².